The quantitative estimate of drug-likeness (QED) is 0.491. The summed E-state index contributed by atoms with van der Waals surface area (Å²) in [6, 6.07) is 20.5. The maximum absolute atomic E-state index is 12.4. The van der Waals surface area contributed by atoms with Gasteiger partial charge in [0, 0.05) is 18.7 Å². The predicted octanol–water partition coefficient (Wildman–Crippen LogP) is 4.18. The summed E-state index contributed by atoms with van der Waals surface area (Å²) >= 11 is 0. The Hall–Kier alpha value is -3.21. The van der Waals surface area contributed by atoms with Gasteiger partial charge in [0.15, 0.2) is 0 Å². The lowest BCUT2D eigenvalue weighted by Crippen LogP contribution is -2.24. The molecule has 5 nitrogen and oxygen atoms in total. The maximum Gasteiger partial charge on any atom is 0.261 e. The molecule has 2 aromatic carbocycles. The van der Waals surface area contributed by atoms with Gasteiger partial charge in [-0.2, -0.15) is 0 Å². The van der Waals surface area contributed by atoms with Crippen LogP contribution < -0.4 is 10.9 Å². The number of nitrogens with zero attached hydrogens (tertiary/aromatic N) is 1. The topological polar surface area (TPSA) is 81.6 Å². The maximum atomic E-state index is 12.4. The van der Waals surface area contributed by atoms with Crippen molar-refractivity contribution >= 4 is 12.0 Å². The third kappa shape index (κ3) is 5.39. The number of hydrogen-bond donors (Lipinski definition) is 3. The summed E-state index contributed by atoms with van der Waals surface area (Å²) in [7, 11) is 0. The summed E-state index contributed by atoms with van der Waals surface area (Å²) in [6.07, 6.45) is 4.63. The Morgan fingerprint density at radius 3 is 2.36 bits per heavy atom. The molecule has 0 spiro atoms. The number of aromatic nitrogens is 2. The first kappa shape index (κ1) is 19.5. The van der Waals surface area contributed by atoms with Crippen LogP contribution in [0, 0.1) is 5.41 Å². The molecule has 1 atom stereocenters. The van der Waals surface area contributed by atoms with Crippen LogP contribution in [0.5, 0.6) is 0 Å². The summed E-state index contributed by atoms with van der Waals surface area (Å²) in [5, 5.41) is 10.9. The van der Waals surface area contributed by atoms with Crippen LogP contribution in [-0.2, 0) is 12.8 Å². The van der Waals surface area contributed by atoms with Crippen LogP contribution in [0.1, 0.15) is 42.3 Å². The summed E-state index contributed by atoms with van der Waals surface area (Å²) in [5.41, 5.74) is 2.39. The van der Waals surface area contributed by atoms with Crippen LogP contribution in [0.15, 0.2) is 65.5 Å². The smallest absolute Gasteiger partial charge is 0.261 e. The molecule has 0 aliphatic rings. The second kappa shape index (κ2) is 9.65. The number of anilines is 1. The Bertz CT molecular complexity index is 951. The first-order chi connectivity index (χ1) is 13.7. The van der Waals surface area contributed by atoms with E-state index >= 15 is 0 Å². The number of aryl methyl sites for hydroxylation is 1. The van der Waals surface area contributed by atoms with E-state index < -0.39 is 0 Å². The van der Waals surface area contributed by atoms with Crippen molar-refractivity contribution in [3.8, 4) is 0 Å². The van der Waals surface area contributed by atoms with Gasteiger partial charge in [-0.1, -0.05) is 60.7 Å². The van der Waals surface area contributed by atoms with Crippen molar-refractivity contribution in [2.24, 2.45) is 0 Å². The lowest BCUT2D eigenvalue weighted by atomic mass is 10.1. The molecule has 0 aliphatic heterocycles. The third-order valence-electron chi connectivity index (χ3n) is 4.69. The zero-order valence-electron chi connectivity index (χ0n) is 16.1. The van der Waals surface area contributed by atoms with Gasteiger partial charge in [-0.05, 0) is 37.3 Å². The number of nitrogens with one attached hydrogen (secondary N) is 3. The van der Waals surface area contributed by atoms with Crippen molar-refractivity contribution in [3.05, 3.63) is 93.5 Å². The zero-order valence-corrected chi connectivity index (χ0v) is 16.1. The van der Waals surface area contributed by atoms with E-state index in [4.69, 9.17) is 5.41 Å². The zero-order chi connectivity index (χ0) is 19.8. The molecule has 1 aromatic heterocycles. The number of hydrogen-bond acceptors (Lipinski definition) is 4. The van der Waals surface area contributed by atoms with Crippen molar-refractivity contribution in [1.29, 1.82) is 5.41 Å². The fraction of sp³-hybridized carbons (Fsp3) is 0.261. The van der Waals surface area contributed by atoms with E-state index in [1.165, 1.54) is 5.56 Å². The van der Waals surface area contributed by atoms with Gasteiger partial charge in [0.05, 0.1) is 5.56 Å². The van der Waals surface area contributed by atoms with E-state index in [0.717, 1.165) is 31.0 Å². The predicted molar refractivity (Wildman–Crippen MR) is 114 cm³/mol. The van der Waals surface area contributed by atoms with Gasteiger partial charge in [0.2, 0.25) is 0 Å². The second-order valence-electron chi connectivity index (χ2n) is 7.00. The Morgan fingerprint density at radius 1 is 1.07 bits per heavy atom. The van der Waals surface area contributed by atoms with Crippen molar-refractivity contribution in [1.82, 2.24) is 9.97 Å². The molecule has 0 saturated carbocycles. The number of benzene rings is 2. The standard InChI is InChI=1S/C23H26N4O/c1-17(9-8-14-18-10-4-2-5-11-18)25-22-20(16-24)23(28)27-21(26-22)15-19-12-6-3-7-13-19/h2-7,10-13,16-17,24H,8-9,14-15H2,1H3,(H2,25,26,27,28). The highest BCUT2D eigenvalue weighted by atomic mass is 16.1. The fourth-order valence-electron chi connectivity index (χ4n) is 3.21. The highest BCUT2D eigenvalue weighted by Gasteiger charge is 2.12. The van der Waals surface area contributed by atoms with Gasteiger partial charge in [0.25, 0.3) is 5.56 Å². The average molecular weight is 374 g/mol. The van der Waals surface area contributed by atoms with Gasteiger partial charge in [-0.15, -0.1) is 0 Å². The molecule has 3 aromatic rings. The van der Waals surface area contributed by atoms with Crippen molar-refractivity contribution in [2.75, 3.05) is 5.32 Å². The Balaban J connectivity index is 1.67. The normalized spacial score (nSPS) is 11.8. The number of aromatic amines is 1. The minimum Gasteiger partial charge on any atom is -0.367 e. The van der Waals surface area contributed by atoms with E-state index in [0.29, 0.717) is 18.1 Å². The molecule has 3 rings (SSSR count). The van der Waals surface area contributed by atoms with E-state index in [9.17, 15) is 4.79 Å². The first-order valence-electron chi connectivity index (χ1n) is 9.63. The molecule has 1 heterocycles. The Labute approximate surface area is 165 Å². The largest absolute Gasteiger partial charge is 0.367 e. The van der Waals surface area contributed by atoms with E-state index in [1.807, 2.05) is 36.4 Å². The molecule has 5 heteroatoms. The minimum atomic E-state index is -0.282. The van der Waals surface area contributed by atoms with E-state index in [2.05, 4.69) is 46.5 Å². The molecule has 3 N–H and O–H groups in total. The summed E-state index contributed by atoms with van der Waals surface area (Å²) in [6.45, 7) is 2.08. The van der Waals surface area contributed by atoms with Crippen LogP contribution in [-0.4, -0.2) is 22.2 Å². The lowest BCUT2D eigenvalue weighted by molar-refractivity contribution is 0.652. The van der Waals surface area contributed by atoms with Crippen LogP contribution in [0.2, 0.25) is 0 Å². The minimum absolute atomic E-state index is 0.154. The van der Waals surface area contributed by atoms with Gasteiger partial charge >= 0.3 is 0 Å². The highest BCUT2D eigenvalue weighted by Crippen LogP contribution is 2.14. The molecule has 28 heavy (non-hydrogen) atoms. The molecule has 1 unspecified atom stereocenters. The van der Waals surface area contributed by atoms with Crippen molar-refractivity contribution in [2.45, 2.75) is 38.6 Å². The van der Waals surface area contributed by atoms with Gasteiger partial charge in [-0.3, -0.25) is 4.79 Å². The molecular formula is C23H26N4O. The van der Waals surface area contributed by atoms with Crippen molar-refractivity contribution < 1.29 is 0 Å². The Morgan fingerprint density at radius 2 is 1.71 bits per heavy atom. The van der Waals surface area contributed by atoms with E-state index in [-0.39, 0.29) is 17.2 Å². The third-order valence-corrected chi connectivity index (χ3v) is 4.69. The molecule has 0 bridgehead atoms. The SMILES string of the molecule is CC(CCCc1ccccc1)Nc1nc(Cc2ccccc2)[nH]c(=O)c1C=N. The molecule has 0 radical (unpaired) electrons. The summed E-state index contributed by atoms with van der Waals surface area (Å²) in [4.78, 5) is 19.8. The summed E-state index contributed by atoms with van der Waals surface area (Å²) < 4.78 is 0. The fourth-order valence-corrected chi connectivity index (χ4v) is 3.21. The lowest BCUT2D eigenvalue weighted by Gasteiger charge is -2.16. The van der Waals surface area contributed by atoms with Crippen LogP contribution in [0.25, 0.3) is 0 Å². The second-order valence-corrected chi connectivity index (χ2v) is 7.00. The van der Waals surface area contributed by atoms with Crippen LogP contribution in [0.4, 0.5) is 5.82 Å². The molecule has 144 valence electrons. The first-order valence-corrected chi connectivity index (χ1v) is 9.63. The molecular weight excluding hydrogens is 348 g/mol. The average Bonchev–Trinajstić information content (AvgIpc) is 2.69. The monoisotopic (exact) mass is 374 g/mol. The highest BCUT2D eigenvalue weighted by molar-refractivity contribution is 5.83. The van der Waals surface area contributed by atoms with Gasteiger partial charge in [-0.25, -0.2) is 4.98 Å². The summed E-state index contributed by atoms with van der Waals surface area (Å²) in [5.74, 6) is 1.08. The van der Waals surface area contributed by atoms with Crippen LogP contribution in [0.3, 0.4) is 0 Å². The van der Waals surface area contributed by atoms with E-state index in [1.54, 1.807) is 0 Å². The number of H-pyrrole nitrogens is 1. The van der Waals surface area contributed by atoms with Crippen LogP contribution >= 0.6 is 0 Å². The number of rotatable bonds is 9. The molecule has 0 amide bonds. The van der Waals surface area contributed by atoms with Crippen molar-refractivity contribution in [3.63, 3.8) is 0 Å². The van der Waals surface area contributed by atoms with Gasteiger partial charge < -0.3 is 15.7 Å². The molecule has 0 aliphatic carbocycles. The van der Waals surface area contributed by atoms with Gasteiger partial charge in [0.1, 0.15) is 11.6 Å². The molecule has 0 fully saturated rings. The molecule has 0 saturated heterocycles. The Kier molecular flexibility index (Phi) is 6.73.